The summed E-state index contributed by atoms with van der Waals surface area (Å²) in [5.74, 6) is -0.661. The molecule has 1 aromatic carbocycles. The quantitative estimate of drug-likeness (QED) is 0.844. The SMILES string of the molecule is Cc1ccc(Nc2ncc(C(=O)O)cn2)cc1. The number of carboxylic acids is 1. The Balaban J connectivity index is 2.13. The fraction of sp³-hybridized carbons (Fsp3) is 0.0833. The molecular weight excluding hydrogens is 218 g/mol. The molecule has 0 aliphatic heterocycles. The van der Waals surface area contributed by atoms with E-state index in [1.54, 1.807) is 0 Å². The molecule has 2 rings (SSSR count). The van der Waals surface area contributed by atoms with Crippen molar-refractivity contribution in [2.45, 2.75) is 6.92 Å². The highest BCUT2D eigenvalue weighted by Gasteiger charge is 2.04. The van der Waals surface area contributed by atoms with Crippen LogP contribution in [0.1, 0.15) is 15.9 Å². The summed E-state index contributed by atoms with van der Waals surface area (Å²) in [6.07, 6.45) is 2.54. The molecule has 0 bridgehead atoms. The van der Waals surface area contributed by atoms with Crippen LogP contribution in [0.5, 0.6) is 0 Å². The zero-order valence-corrected chi connectivity index (χ0v) is 9.21. The normalized spacial score (nSPS) is 9.94. The fourth-order valence-electron chi connectivity index (χ4n) is 1.27. The van der Waals surface area contributed by atoms with Gasteiger partial charge in [0.15, 0.2) is 0 Å². The number of benzene rings is 1. The molecule has 5 nitrogen and oxygen atoms in total. The Morgan fingerprint density at radius 2 is 1.76 bits per heavy atom. The molecule has 0 aliphatic rings. The molecule has 2 aromatic rings. The number of rotatable bonds is 3. The number of anilines is 2. The standard InChI is InChI=1S/C12H11N3O2/c1-8-2-4-10(5-3-8)15-12-13-6-9(7-14-12)11(16)17/h2-7H,1H3,(H,16,17)(H,13,14,15). The highest BCUT2D eigenvalue weighted by Crippen LogP contribution is 2.13. The third-order valence-corrected chi connectivity index (χ3v) is 2.21. The Kier molecular flexibility index (Phi) is 3.00. The van der Waals surface area contributed by atoms with E-state index in [9.17, 15) is 4.79 Å². The summed E-state index contributed by atoms with van der Waals surface area (Å²) in [5, 5.41) is 11.7. The summed E-state index contributed by atoms with van der Waals surface area (Å²) in [7, 11) is 0. The smallest absolute Gasteiger partial charge is 0.338 e. The van der Waals surface area contributed by atoms with Crippen molar-refractivity contribution in [2.75, 3.05) is 5.32 Å². The first-order chi connectivity index (χ1) is 8.15. The Morgan fingerprint density at radius 1 is 1.18 bits per heavy atom. The molecule has 86 valence electrons. The van der Waals surface area contributed by atoms with Crippen molar-refractivity contribution in [3.05, 3.63) is 47.8 Å². The largest absolute Gasteiger partial charge is 0.478 e. The molecule has 0 saturated carbocycles. The Morgan fingerprint density at radius 3 is 2.29 bits per heavy atom. The molecule has 17 heavy (non-hydrogen) atoms. The van der Waals surface area contributed by atoms with E-state index in [1.165, 1.54) is 12.4 Å². The molecule has 0 aliphatic carbocycles. The van der Waals surface area contributed by atoms with Crippen LogP contribution in [-0.2, 0) is 0 Å². The van der Waals surface area contributed by atoms with E-state index in [4.69, 9.17) is 5.11 Å². The molecule has 0 saturated heterocycles. The lowest BCUT2D eigenvalue weighted by molar-refractivity contribution is 0.0696. The lowest BCUT2D eigenvalue weighted by Gasteiger charge is -2.04. The van der Waals surface area contributed by atoms with Crippen molar-refractivity contribution in [2.24, 2.45) is 0 Å². The average Bonchev–Trinajstić information content (AvgIpc) is 2.33. The predicted octanol–water partition coefficient (Wildman–Crippen LogP) is 2.23. The van der Waals surface area contributed by atoms with E-state index in [0.29, 0.717) is 5.95 Å². The van der Waals surface area contributed by atoms with Crippen molar-refractivity contribution in [3.63, 3.8) is 0 Å². The van der Waals surface area contributed by atoms with Crippen molar-refractivity contribution >= 4 is 17.6 Å². The number of aryl methyl sites for hydroxylation is 1. The highest BCUT2D eigenvalue weighted by atomic mass is 16.4. The number of carbonyl (C=O) groups is 1. The summed E-state index contributed by atoms with van der Waals surface area (Å²) in [6, 6.07) is 7.75. The number of nitrogens with zero attached hydrogens (tertiary/aromatic N) is 2. The first kappa shape index (κ1) is 11.1. The van der Waals surface area contributed by atoms with Crippen LogP contribution in [-0.4, -0.2) is 21.0 Å². The van der Waals surface area contributed by atoms with E-state index in [1.807, 2.05) is 31.2 Å². The molecule has 2 N–H and O–H groups in total. The Bertz CT molecular complexity index is 520. The van der Waals surface area contributed by atoms with Gasteiger partial charge in [-0.3, -0.25) is 0 Å². The van der Waals surface area contributed by atoms with E-state index in [2.05, 4.69) is 15.3 Å². The summed E-state index contributed by atoms with van der Waals surface area (Å²) in [6.45, 7) is 2.00. The van der Waals surface area contributed by atoms with Gasteiger partial charge in [-0.05, 0) is 19.1 Å². The van der Waals surface area contributed by atoms with E-state index in [0.717, 1.165) is 11.3 Å². The van der Waals surface area contributed by atoms with Crippen molar-refractivity contribution in [3.8, 4) is 0 Å². The van der Waals surface area contributed by atoms with Gasteiger partial charge in [0.2, 0.25) is 5.95 Å². The maximum Gasteiger partial charge on any atom is 0.338 e. The van der Waals surface area contributed by atoms with Gasteiger partial charge in [0, 0.05) is 18.1 Å². The number of nitrogens with one attached hydrogen (secondary N) is 1. The van der Waals surface area contributed by atoms with E-state index in [-0.39, 0.29) is 5.56 Å². The number of aromatic carboxylic acids is 1. The van der Waals surface area contributed by atoms with Gasteiger partial charge >= 0.3 is 5.97 Å². The zero-order chi connectivity index (χ0) is 12.3. The number of hydrogen-bond acceptors (Lipinski definition) is 4. The molecule has 0 atom stereocenters. The van der Waals surface area contributed by atoms with Crippen LogP contribution >= 0.6 is 0 Å². The maximum absolute atomic E-state index is 10.6. The summed E-state index contributed by atoms with van der Waals surface area (Å²) in [5.41, 5.74) is 2.09. The number of carboxylic acid groups (broad SMARTS) is 1. The third kappa shape index (κ3) is 2.78. The minimum atomic E-state index is -1.04. The molecule has 0 fully saturated rings. The molecule has 0 amide bonds. The van der Waals surface area contributed by atoms with Gasteiger partial charge in [-0.1, -0.05) is 17.7 Å². The zero-order valence-electron chi connectivity index (χ0n) is 9.21. The maximum atomic E-state index is 10.6. The van der Waals surface area contributed by atoms with Crippen LogP contribution in [0.3, 0.4) is 0 Å². The molecule has 0 radical (unpaired) electrons. The minimum absolute atomic E-state index is 0.0689. The molecule has 1 aromatic heterocycles. The summed E-state index contributed by atoms with van der Waals surface area (Å²) < 4.78 is 0. The molecular formula is C12H11N3O2. The predicted molar refractivity (Wildman–Crippen MR) is 63.5 cm³/mol. The first-order valence-electron chi connectivity index (χ1n) is 5.04. The molecule has 0 spiro atoms. The number of aromatic nitrogens is 2. The Hall–Kier alpha value is -2.43. The fourth-order valence-corrected chi connectivity index (χ4v) is 1.27. The van der Waals surface area contributed by atoms with E-state index >= 15 is 0 Å². The van der Waals surface area contributed by atoms with Crippen molar-refractivity contribution in [1.82, 2.24) is 9.97 Å². The average molecular weight is 229 g/mol. The van der Waals surface area contributed by atoms with Crippen molar-refractivity contribution < 1.29 is 9.90 Å². The molecule has 1 heterocycles. The lowest BCUT2D eigenvalue weighted by Crippen LogP contribution is -2.01. The van der Waals surface area contributed by atoms with Crippen molar-refractivity contribution in [1.29, 1.82) is 0 Å². The lowest BCUT2D eigenvalue weighted by atomic mass is 10.2. The van der Waals surface area contributed by atoms with Crippen LogP contribution in [0.2, 0.25) is 0 Å². The highest BCUT2D eigenvalue weighted by molar-refractivity contribution is 5.86. The van der Waals surface area contributed by atoms with Crippen LogP contribution in [0.25, 0.3) is 0 Å². The van der Waals surface area contributed by atoms with Crippen LogP contribution < -0.4 is 5.32 Å². The minimum Gasteiger partial charge on any atom is -0.478 e. The monoisotopic (exact) mass is 229 g/mol. The van der Waals surface area contributed by atoms with Gasteiger partial charge in [-0.15, -0.1) is 0 Å². The first-order valence-corrected chi connectivity index (χ1v) is 5.04. The van der Waals surface area contributed by atoms with Gasteiger partial charge in [0.25, 0.3) is 0 Å². The van der Waals surface area contributed by atoms with E-state index < -0.39 is 5.97 Å². The summed E-state index contributed by atoms with van der Waals surface area (Å²) in [4.78, 5) is 18.4. The van der Waals surface area contributed by atoms with Gasteiger partial charge in [-0.25, -0.2) is 14.8 Å². The van der Waals surface area contributed by atoms with Gasteiger partial charge in [0.1, 0.15) is 0 Å². The topological polar surface area (TPSA) is 75.1 Å². The Labute approximate surface area is 98.2 Å². The van der Waals surface area contributed by atoms with Crippen LogP contribution in [0.4, 0.5) is 11.6 Å². The summed E-state index contributed by atoms with van der Waals surface area (Å²) >= 11 is 0. The molecule has 5 heteroatoms. The third-order valence-electron chi connectivity index (χ3n) is 2.21. The molecule has 0 unspecified atom stereocenters. The second-order valence-corrected chi connectivity index (χ2v) is 3.59. The van der Waals surface area contributed by atoms with Crippen LogP contribution in [0.15, 0.2) is 36.7 Å². The van der Waals surface area contributed by atoms with Gasteiger partial charge in [0.05, 0.1) is 5.56 Å². The van der Waals surface area contributed by atoms with Gasteiger partial charge < -0.3 is 10.4 Å². The van der Waals surface area contributed by atoms with Crippen LogP contribution in [0, 0.1) is 6.92 Å². The second-order valence-electron chi connectivity index (χ2n) is 3.59. The number of hydrogen-bond donors (Lipinski definition) is 2. The van der Waals surface area contributed by atoms with Gasteiger partial charge in [-0.2, -0.15) is 0 Å². The second kappa shape index (κ2) is 4.61.